The van der Waals surface area contributed by atoms with Gasteiger partial charge in [0.1, 0.15) is 5.75 Å². The second kappa shape index (κ2) is 13.2. The van der Waals surface area contributed by atoms with Gasteiger partial charge in [0, 0.05) is 13.1 Å². The average Bonchev–Trinajstić information content (AvgIpc) is 2.66. The van der Waals surface area contributed by atoms with Crippen molar-refractivity contribution in [3.05, 3.63) is 29.8 Å². The van der Waals surface area contributed by atoms with Crippen molar-refractivity contribution in [2.45, 2.75) is 46.6 Å². The summed E-state index contributed by atoms with van der Waals surface area (Å²) < 4.78 is 5.78. The van der Waals surface area contributed by atoms with E-state index in [0.717, 1.165) is 31.4 Å². The molecular formula is C22H39IN4O. The second-order valence-electron chi connectivity index (χ2n) is 8.11. The Hall–Kier alpha value is -1.02. The van der Waals surface area contributed by atoms with Gasteiger partial charge in [-0.1, -0.05) is 26.0 Å². The molecule has 160 valence electrons. The maximum Gasteiger partial charge on any atom is 0.191 e. The Morgan fingerprint density at radius 1 is 1.18 bits per heavy atom. The highest BCUT2D eigenvalue weighted by atomic mass is 127. The molecule has 0 bridgehead atoms. The molecule has 1 heterocycles. The quantitative estimate of drug-likeness (QED) is 0.316. The SMILES string of the molecule is CCNC(=NCC1CCN(C)CC1)NC(C)c1ccc(OCC(C)C)cc1.I. The molecule has 6 heteroatoms. The van der Waals surface area contributed by atoms with Crippen molar-refractivity contribution >= 4 is 29.9 Å². The predicted molar refractivity (Wildman–Crippen MR) is 130 cm³/mol. The van der Waals surface area contributed by atoms with E-state index in [2.05, 4.69) is 74.5 Å². The number of benzene rings is 1. The highest BCUT2D eigenvalue weighted by molar-refractivity contribution is 14.0. The minimum Gasteiger partial charge on any atom is -0.493 e. The molecule has 1 fully saturated rings. The number of ether oxygens (including phenoxy) is 1. The first-order chi connectivity index (χ1) is 13.0. The third kappa shape index (κ3) is 8.99. The van der Waals surface area contributed by atoms with Gasteiger partial charge in [0.25, 0.3) is 0 Å². The standard InChI is InChI=1S/C22H38N4O.HI/c1-6-23-22(24-15-19-11-13-26(5)14-12-19)25-18(4)20-7-9-21(10-8-20)27-16-17(2)3;/h7-10,17-19H,6,11-16H2,1-5H3,(H2,23,24,25);1H. The lowest BCUT2D eigenvalue weighted by atomic mass is 9.97. The van der Waals surface area contributed by atoms with Crippen LogP contribution in [0.3, 0.4) is 0 Å². The van der Waals surface area contributed by atoms with Crippen LogP contribution in [0.15, 0.2) is 29.3 Å². The van der Waals surface area contributed by atoms with E-state index in [1.165, 1.54) is 31.5 Å². The summed E-state index contributed by atoms with van der Waals surface area (Å²) in [6, 6.07) is 8.57. The molecule has 0 aromatic heterocycles. The average molecular weight is 502 g/mol. The Morgan fingerprint density at radius 3 is 2.39 bits per heavy atom. The first-order valence-electron chi connectivity index (χ1n) is 10.4. The molecule has 0 spiro atoms. The Kier molecular flexibility index (Phi) is 11.8. The molecule has 5 nitrogen and oxygen atoms in total. The van der Waals surface area contributed by atoms with Crippen LogP contribution in [0.2, 0.25) is 0 Å². The van der Waals surface area contributed by atoms with Gasteiger partial charge in [-0.05, 0) is 76.4 Å². The van der Waals surface area contributed by atoms with Crippen molar-refractivity contribution in [1.29, 1.82) is 0 Å². The van der Waals surface area contributed by atoms with Crippen LogP contribution in [0.4, 0.5) is 0 Å². The minimum absolute atomic E-state index is 0. The first kappa shape index (κ1) is 25.0. The fraction of sp³-hybridized carbons (Fsp3) is 0.682. The number of hydrogen-bond donors (Lipinski definition) is 2. The lowest BCUT2D eigenvalue weighted by Gasteiger charge is -2.28. The third-order valence-electron chi connectivity index (χ3n) is 5.01. The van der Waals surface area contributed by atoms with Gasteiger partial charge < -0.3 is 20.3 Å². The first-order valence-corrected chi connectivity index (χ1v) is 10.4. The molecule has 1 atom stereocenters. The van der Waals surface area contributed by atoms with E-state index in [4.69, 9.17) is 9.73 Å². The van der Waals surface area contributed by atoms with Gasteiger partial charge in [-0.3, -0.25) is 4.99 Å². The van der Waals surface area contributed by atoms with Crippen LogP contribution in [0.25, 0.3) is 0 Å². The molecule has 0 saturated carbocycles. The molecule has 0 amide bonds. The summed E-state index contributed by atoms with van der Waals surface area (Å²) in [5.74, 6) is 3.07. The molecule has 1 aromatic carbocycles. The number of aliphatic imine (C=N–C) groups is 1. The molecule has 28 heavy (non-hydrogen) atoms. The van der Waals surface area contributed by atoms with Gasteiger partial charge in [-0.2, -0.15) is 0 Å². The highest BCUT2D eigenvalue weighted by Crippen LogP contribution is 2.19. The maximum absolute atomic E-state index is 5.78. The zero-order valence-electron chi connectivity index (χ0n) is 18.2. The summed E-state index contributed by atoms with van der Waals surface area (Å²) in [6.07, 6.45) is 2.49. The minimum atomic E-state index is 0. The van der Waals surface area contributed by atoms with Gasteiger partial charge in [0.05, 0.1) is 12.6 Å². The molecule has 1 aromatic rings. The summed E-state index contributed by atoms with van der Waals surface area (Å²) in [5, 5.41) is 6.92. The lowest BCUT2D eigenvalue weighted by molar-refractivity contribution is 0.223. The number of guanidine groups is 1. The number of halogens is 1. The van der Waals surface area contributed by atoms with Crippen LogP contribution in [0, 0.1) is 11.8 Å². The topological polar surface area (TPSA) is 48.9 Å². The summed E-state index contributed by atoms with van der Waals surface area (Å²) in [6.45, 7) is 13.5. The Labute approximate surface area is 188 Å². The van der Waals surface area contributed by atoms with Gasteiger partial charge in [-0.25, -0.2) is 0 Å². The monoisotopic (exact) mass is 502 g/mol. The molecule has 1 aliphatic heterocycles. The molecule has 1 saturated heterocycles. The van der Waals surface area contributed by atoms with Crippen molar-refractivity contribution in [2.24, 2.45) is 16.8 Å². The van der Waals surface area contributed by atoms with Crippen molar-refractivity contribution in [2.75, 3.05) is 39.8 Å². The summed E-state index contributed by atoms with van der Waals surface area (Å²) >= 11 is 0. The Bertz CT molecular complexity index is 568. The van der Waals surface area contributed by atoms with E-state index >= 15 is 0 Å². The normalized spacial score (nSPS) is 17.1. The summed E-state index contributed by atoms with van der Waals surface area (Å²) in [4.78, 5) is 7.25. The number of rotatable bonds is 8. The van der Waals surface area contributed by atoms with Gasteiger partial charge in [-0.15, -0.1) is 24.0 Å². The fourth-order valence-electron chi connectivity index (χ4n) is 3.19. The molecule has 2 N–H and O–H groups in total. The number of piperidine rings is 1. The number of likely N-dealkylation sites (tertiary alicyclic amines) is 1. The number of hydrogen-bond acceptors (Lipinski definition) is 3. The van der Waals surface area contributed by atoms with Crippen LogP contribution < -0.4 is 15.4 Å². The van der Waals surface area contributed by atoms with E-state index in [1.54, 1.807) is 0 Å². The zero-order chi connectivity index (χ0) is 19.6. The molecule has 1 unspecified atom stereocenters. The predicted octanol–water partition coefficient (Wildman–Crippen LogP) is 4.30. The summed E-state index contributed by atoms with van der Waals surface area (Å²) in [7, 11) is 2.20. The van der Waals surface area contributed by atoms with Gasteiger partial charge in [0.2, 0.25) is 0 Å². The van der Waals surface area contributed by atoms with Crippen molar-refractivity contribution in [1.82, 2.24) is 15.5 Å². The van der Waals surface area contributed by atoms with Crippen LogP contribution in [0.5, 0.6) is 5.75 Å². The lowest BCUT2D eigenvalue weighted by Crippen LogP contribution is -2.39. The van der Waals surface area contributed by atoms with Crippen LogP contribution in [-0.2, 0) is 0 Å². The van der Waals surface area contributed by atoms with Crippen LogP contribution >= 0.6 is 24.0 Å². The zero-order valence-corrected chi connectivity index (χ0v) is 20.5. The fourth-order valence-corrected chi connectivity index (χ4v) is 3.19. The molecule has 0 radical (unpaired) electrons. The number of nitrogens with one attached hydrogen (secondary N) is 2. The molecular weight excluding hydrogens is 463 g/mol. The van der Waals surface area contributed by atoms with E-state index < -0.39 is 0 Å². The van der Waals surface area contributed by atoms with Crippen molar-refractivity contribution in [3.63, 3.8) is 0 Å². The van der Waals surface area contributed by atoms with Gasteiger partial charge >= 0.3 is 0 Å². The van der Waals surface area contributed by atoms with E-state index in [0.29, 0.717) is 11.8 Å². The summed E-state index contributed by atoms with van der Waals surface area (Å²) in [5.41, 5.74) is 1.23. The smallest absolute Gasteiger partial charge is 0.191 e. The van der Waals surface area contributed by atoms with Crippen LogP contribution in [0.1, 0.15) is 52.1 Å². The molecule has 1 aliphatic rings. The van der Waals surface area contributed by atoms with Crippen molar-refractivity contribution in [3.8, 4) is 5.75 Å². The van der Waals surface area contributed by atoms with Crippen molar-refractivity contribution < 1.29 is 4.74 Å². The second-order valence-corrected chi connectivity index (χ2v) is 8.11. The van der Waals surface area contributed by atoms with Gasteiger partial charge in [0.15, 0.2) is 5.96 Å². The third-order valence-corrected chi connectivity index (χ3v) is 5.01. The number of nitrogens with zero attached hydrogens (tertiary/aromatic N) is 2. The van der Waals surface area contributed by atoms with E-state index in [1.807, 2.05) is 0 Å². The van der Waals surface area contributed by atoms with E-state index in [9.17, 15) is 0 Å². The highest BCUT2D eigenvalue weighted by Gasteiger charge is 2.16. The van der Waals surface area contributed by atoms with E-state index in [-0.39, 0.29) is 30.0 Å². The molecule has 0 aliphatic carbocycles. The Morgan fingerprint density at radius 2 is 1.82 bits per heavy atom. The largest absolute Gasteiger partial charge is 0.493 e. The van der Waals surface area contributed by atoms with Crippen LogP contribution in [-0.4, -0.2) is 50.7 Å². The maximum atomic E-state index is 5.78. The molecule has 2 rings (SSSR count). The Balaban J connectivity index is 0.00000392.